The molecule has 192 valence electrons. The van der Waals surface area contributed by atoms with Gasteiger partial charge in [-0.15, -0.1) is 0 Å². The summed E-state index contributed by atoms with van der Waals surface area (Å²) in [4.78, 5) is 0. The molecular formula is C28H50O4S. The highest BCUT2D eigenvalue weighted by Crippen LogP contribution is 2.37. The fourth-order valence-corrected chi connectivity index (χ4v) is 6.04. The molecule has 1 aromatic carbocycles. The summed E-state index contributed by atoms with van der Waals surface area (Å²) in [6.45, 7) is 4.43. The van der Waals surface area contributed by atoms with Crippen LogP contribution in [0.2, 0.25) is 0 Å². The topological polar surface area (TPSA) is 74.6 Å². The van der Waals surface area contributed by atoms with Gasteiger partial charge in [0, 0.05) is 5.92 Å². The summed E-state index contributed by atoms with van der Waals surface area (Å²) in [5.41, 5.74) is 0.653. The van der Waals surface area contributed by atoms with Crippen molar-refractivity contribution >= 4 is 10.1 Å². The van der Waals surface area contributed by atoms with Gasteiger partial charge in [-0.05, 0) is 24.5 Å². The van der Waals surface area contributed by atoms with Crippen LogP contribution in [0.25, 0.3) is 0 Å². The van der Waals surface area contributed by atoms with E-state index in [-0.39, 0.29) is 11.7 Å². The van der Waals surface area contributed by atoms with Gasteiger partial charge < -0.3 is 5.11 Å². The molecule has 0 aromatic heterocycles. The number of aromatic hydroxyl groups is 1. The monoisotopic (exact) mass is 482 g/mol. The van der Waals surface area contributed by atoms with Crippen LogP contribution in [-0.2, 0) is 10.1 Å². The summed E-state index contributed by atoms with van der Waals surface area (Å²) in [6, 6.07) is 7.02. The standard InChI is InChI=1S/C28H50O4S/c1-3-5-7-9-11-12-13-14-16-18-24-28(33(30,31)32)26(22-17-15-10-8-6-4-2)25-21-19-20-23-27(25)29/h19-21,23,26,28-29H,3-18,22,24H2,1-2H3,(H,30,31,32). The number of rotatable bonds is 21. The molecule has 5 heteroatoms. The van der Waals surface area contributed by atoms with Crippen LogP contribution in [-0.4, -0.2) is 23.3 Å². The number of hydrogen-bond acceptors (Lipinski definition) is 3. The molecule has 1 aromatic rings. The van der Waals surface area contributed by atoms with E-state index >= 15 is 0 Å². The molecule has 2 unspecified atom stereocenters. The zero-order valence-corrected chi connectivity index (χ0v) is 22.1. The number of phenols is 1. The number of benzene rings is 1. The van der Waals surface area contributed by atoms with Crippen LogP contribution in [0.4, 0.5) is 0 Å². The van der Waals surface area contributed by atoms with Crippen LogP contribution in [0.3, 0.4) is 0 Å². The maximum Gasteiger partial charge on any atom is 0.268 e. The number of phenolic OH excluding ortho intramolecular Hbond substituents is 1. The second-order valence-corrected chi connectivity index (χ2v) is 11.4. The summed E-state index contributed by atoms with van der Waals surface area (Å²) in [6.07, 6.45) is 19.8. The van der Waals surface area contributed by atoms with Gasteiger partial charge in [-0.3, -0.25) is 4.55 Å². The quantitative estimate of drug-likeness (QED) is 0.136. The lowest BCUT2D eigenvalue weighted by molar-refractivity contribution is 0.408. The maximum absolute atomic E-state index is 12.4. The Morgan fingerprint density at radius 1 is 0.667 bits per heavy atom. The molecule has 33 heavy (non-hydrogen) atoms. The van der Waals surface area contributed by atoms with Crippen LogP contribution in [0.15, 0.2) is 24.3 Å². The third kappa shape index (κ3) is 13.4. The molecule has 0 saturated carbocycles. The van der Waals surface area contributed by atoms with Gasteiger partial charge in [0.2, 0.25) is 0 Å². The molecule has 4 nitrogen and oxygen atoms in total. The van der Waals surface area contributed by atoms with Crippen molar-refractivity contribution in [1.29, 1.82) is 0 Å². The first kappa shape index (κ1) is 30.0. The smallest absolute Gasteiger partial charge is 0.268 e. The molecule has 0 saturated heterocycles. The van der Waals surface area contributed by atoms with E-state index in [0.717, 1.165) is 38.5 Å². The third-order valence-corrected chi connectivity index (χ3v) is 8.21. The molecular weight excluding hydrogens is 432 g/mol. The molecule has 0 radical (unpaired) electrons. The van der Waals surface area contributed by atoms with Gasteiger partial charge in [-0.2, -0.15) is 8.42 Å². The Kier molecular flexibility index (Phi) is 16.6. The summed E-state index contributed by atoms with van der Waals surface area (Å²) >= 11 is 0. The maximum atomic E-state index is 12.4. The molecule has 2 N–H and O–H groups in total. The van der Waals surface area contributed by atoms with E-state index < -0.39 is 15.4 Å². The number of para-hydroxylation sites is 1. The zero-order valence-electron chi connectivity index (χ0n) is 21.3. The molecule has 0 spiro atoms. The summed E-state index contributed by atoms with van der Waals surface area (Å²) in [5.74, 6) is -0.240. The van der Waals surface area contributed by atoms with Crippen LogP contribution < -0.4 is 0 Å². The molecule has 0 amide bonds. The van der Waals surface area contributed by atoms with Crippen molar-refractivity contribution in [2.75, 3.05) is 0 Å². The first-order valence-electron chi connectivity index (χ1n) is 13.7. The fourth-order valence-electron chi connectivity index (χ4n) is 4.88. The Bertz CT molecular complexity index is 702. The first-order valence-corrected chi connectivity index (χ1v) is 15.2. The largest absolute Gasteiger partial charge is 0.508 e. The number of hydrogen-bond donors (Lipinski definition) is 2. The lowest BCUT2D eigenvalue weighted by Crippen LogP contribution is -2.28. The molecule has 0 aliphatic carbocycles. The van der Waals surface area contributed by atoms with Crippen LogP contribution in [0, 0.1) is 0 Å². The fraction of sp³-hybridized carbons (Fsp3) is 0.786. The second-order valence-electron chi connectivity index (χ2n) is 9.75. The highest BCUT2D eigenvalue weighted by molar-refractivity contribution is 7.86. The van der Waals surface area contributed by atoms with Gasteiger partial charge in [0.25, 0.3) is 10.1 Å². The predicted molar refractivity (Wildman–Crippen MR) is 141 cm³/mol. The summed E-state index contributed by atoms with van der Waals surface area (Å²) in [7, 11) is -4.20. The average Bonchev–Trinajstić information content (AvgIpc) is 2.78. The van der Waals surface area contributed by atoms with Crippen LogP contribution in [0.5, 0.6) is 5.75 Å². The van der Waals surface area contributed by atoms with Crippen LogP contribution >= 0.6 is 0 Å². The average molecular weight is 483 g/mol. The summed E-state index contributed by atoms with van der Waals surface area (Å²) < 4.78 is 34.9. The molecule has 0 aliphatic heterocycles. The van der Waals surface area contributed by atoms with Gasteiger partial charge in [0.1, 0.15) is 5.75 Å². The van der Waals surface area contributed by atoms with E-state index in [0.29, 0.717) is 18.4 Å². The SMILES string of the molecule is CCCCCCCCCCCCC(C(CCCCCCCC)c1ccccc1O)S(=O)(=O)O. The van der Waals surface area contributed by atoms with E-state index in [4.69, 9.17) is 0 Å². The Labute approximate surface area is 204 Å². The van der Waals surface area contributed by atoms with E-state index in [1.165, 1.54) is 64.2 Å². The predicted octanol–water partition coefficient (Wildman–Crippen LogP) is 8.79. The van der Waals surface area contributed by atoms with E-state index in [1.54, 1.807) is 12.1 Å². The van der Waals surface area contributed by atoms with Crippen molar-refractivity contribution in [3.8, 4) is 5.75 Å². The molecule has 0 fully saturated rings. The van der Waals surface area contributed by atoms with Crippen LogP contribution in [0.1, 0.15) is 141 Å². The second kappa shape index (κ2) is 18.3. The minimum Gasteiger partial charge on any atom is -0.508 e. The molecule has 1 rings (SSSR count). The molecule has 2 atom stereocenters. The highest BCUT2D eigenvalue weighted by Gasteiger charge is 2.33. The first-order chi connectivity index (χ1) is 15.9. The Morgan fingerprint density at radius 3 is 1.55 bits per heavy atom. The molecule has 0 heterocycles. The minimum atomic E-state index is -4.20. The zero-order chi connectivity index (χ0) is 24.4. The van der Waals surface area contributed by atoms with Gasteiger partial charge in [-0.25, -0.2) is 0 Å². The third-order valence-electron chi connectivity index (χ3n) is 6.88. The Morgan fingerprint density at radius 2 is 1.09 bits per heavy atom. The van der Waals surface area contributed by atoms with E-state index in [1.807, 2.05) is 12.1 Å². The van der Waals surface area contributed by atoms with Crippen molar-refractivity contribution in [2.24, 2.45) is 0 Å². The van der Waals surface area contributed by atoms with E-state index in [2.05, 4.69) is 13.8 Å². The summed E-state index contributed by atoms with van der Waals surface area (Å²) in [5, 5.41) is 9.59. The van der Waals surface area contributed by atoms with Crippen molar-refractivity contribution in [3.05, 3.63) is 29.8 Å². The lowest BCUT2D eigenvalue weighted by Gasteiger charge is -2.26. The van der Waals surface area contributed by atoms with Gasteiger partial charge in [-0.1, -0.05) is 135 Å². The van der Waals surface area contributed by atoms with Crippen molar-refractivity contribution < 1.29 is 18.1 Å². The normalized spacial score (nSPS) is 13.8. The Balaban J connectivity index is 2.62. The van der Waals surface area contributed by atoms with Crippen molar-refractivity contribution in [3.63, 3.8) is 0 Å². The highest BCUT2D eigenvalue weighted by atomic mass is 32.2. The lowest BCUT2D eigenvalue weighted by atomic mass is 9.87. The minimum absolute atomic E-state index is 0.130. The van der Waals surface area contributed by atoms with Gasteiger partial charge in [0.15, 0.2) is 0 Å². The number of unbranched alkanes of at least 4 members (excludes halogenated alkanes) is 14. The Hall–Kier alpha value is -1.07. The van der Waals surface area contributed by atoms with Crippen molar-refractivity contribution in [2.45, 2.75) is 141 Å². The van der Waals surface area contributed by atoms with E-state index in [9.17, 15) is 18.1 Å². The van der Waals surface area contributed by atoms with Crippen molar-refractivity contribution in [1.82, 2.24) is 0 Å². The van der Waals surface area contributed by atoms with Gasteiger partial charge >= 0.3 is 0 Å². The van der Waals surface area contributed by atoms with Gasteiger partial charge in [0.05, 0.1) is 5.25 Å². The molecule has 0 bridgehead atoms. The molecule has 0 aliphatic rings.